The van der Waals surface area contributed by atoms with Crippen molar-refractivity contribution < 1.29 is 4.74 Å². The molecule has 1 saturated carbocycles. The van der Waals surface area contributed by atoms with E-state index < -0.39 is 0 Å². The molecular formula is C10H17N3O. The standard InChI is InChI=1S/C10H17N3O/c1-10(2)6-8(10)9-12-11-7-13(9)4-5-14-3/h7-8H,4-6H2,1-3H3. The maximum atomic E-state index is 5.05. The number of hydrogen-bond acceptors (Lipinski definition) is 3. The Morgan fingerprint density at radius 2 is 2.36 bits per heavy atom. The van der Waals surface area contributed by atoms with Crippen molar-refractivity contribution in [1.82, 2.24) is 14.8 Å². The van der Waals surface area contributed by atoms with E-state index in [0.717, 1.165) is 19.0 Å². The van der Waals surface area contributed by atoms with Crippen LogP contribution in [0.2, 0.25) is 0 Å². The van der Waals surface area contributed by atoms with Crippen molar-refractivity contribution in [2.75, 3.05) is 13.7 Å². The van der Waals surface area contributed by atoms with Gasteiger partial charge in [0.05, 0.1) is 6.61 Å². The van der Waals surface area contributed by atoms with Crippen molar-refractivity contribution in [3.8, 4) is 0 Å². The van der Waals surface area contributed by atoms with Crippen molar-refractivity contribution in [3.63, 3.8) is 0 Å². The maximum Gasteiger partial charge on any atom is 0.136 e. The first-order chi connectivity index (χ1) is 6.65. The molecule has 0 radical (unpaired) electrons. The fourth-order valence-corrected chi connectivity index (χ4v) is 1.80. The third-order valence-corrected chi connectivity index (χ3v) is 3.01. The van der Waals surface area contributed by atoms with E-state index in [4.69, 9.17) is 4.74 Å². The van der Waals surface area contributed by atoms with Gasteiger partial charge in [0, 0.05) is 19.6 Å². The molecule has 0 aliphatic heterocycles. The largest absolute Gasteiger partial charge is 0.383 e. The van der Waals surface area contributed by atoms with Crippen LogP contribution in [0.1, 0.15) is 32.0 Å². The molecule has 1 heterocycles. The highest BCUT2D eigenvalue weighted by Gasteiger charge is 2.49. The molecule has 0 spiro atoms. The van der Waals surface area contributed by atoms with Crippen molar-refractivity contribution in [3.05, 3.63) is 12.2 Å². The molecule has 1 fully saturated rings. The molecule has 0 amide bonds. The lowest BCUT2D eigenvalue weighted by atomic mass is 10.1. The van der Waals surface area contributed by atoms with E-state index in [0.29, 0.717) is 11.3 Å². The van der Waals surface area contributed by atoms with Crippen molar-refractivity contribution in [2.45, 2.75) is 32.7 Å². The Labute approximate surface area is 84.3 Å². The Morgan fingerprint density at radius 3 is 2.93 bits per heavy atom. The number of nitrogens with zero attached hydrogens (tertiary/aromatic N) is 3. The second-order valence-corrected chi connectivity index (χ2v) is 4.62. The molecule has 1 aliphatic rings. The molecule has 0 saturated heterocycles. The molecule has 4 heteroatoms. The van der Waals surface area contributed by atoms with E-state index in [9.17, 15) is 0 Å². The maximum absolute atomic E-state index is 5.05. The van der Waals surface area contributed by atoms with Crippen molar-refractivity contribution in [1.29, 1.82) is 0 Å². The average molecular weight is 195 g/mol. The highest BCUT2D eigenvalue weighted by molar-refractivity contribution is 5.15. The Kier molecular flexibility index (Phi) is 2.31. The zero-order valence-electron chi connectivity index (χ0n) is 9.03. The molecule has 1 aliphatic carbocycles. The topological polar surface area (TPSA) is 39.9 Å². The fourth-order valence-electron chi connectivity index (χ4n) is 1.80. The first kappa shape index (κ1) is 9.65. The smallest absolute Gasteiger partial charge is 0.136 e. The Hall–Kier alpha value is -0.900. The minimum absolute atomic E-state index is 0.415. The van der Waals surface area contributed by atoms with E-state index >= 15 is 0 Å². The first-order valence-corrected chi connectivity index (χ1v) is 5.02. The summed E-state index contributed by atoms with van der Waals surface area (Å²) >= 11 is 0. The minimum Gasteiger partial charge on any atom is -0.383 e. The SMILES string of the molecule is COCCn1cnnc1C1CC1(C)C. The van der Waals surface area contributed by atoms with Gasteiger partial charge in [0.15, 0.2) is 0 Å². The molecule has 78 valence electrons. The zero-order chi connectivity index (χ0) is 10.2. The summed E-state index contributed by atoms with van der Waals surface area (Å²) in [5.74, 6) is 1.70. The number of hydrogen-bond donors (Lipinski definition) is 0. The highest BCUT2D eigenvalue weighted by atomic mass is 16.5. The van der Waals surface area contributed by atoms with Crippen LogP contribution in [0.5, 0.6) is 0 Å². The number of ether oxygens (including phenoxy) is 1. The van der Waals surface area contributed by atoms with Crippen LogP contribution in [0.15, 0.2) is 6.33 Å². The van der Waals surface area contributed by atoms with Crippen LogP contribution in [0, 0.1) is 5.41 Å². The van der Waals surface area contributed by atoms with Gasteiger partial charge >= 0.3 is 0 Å². The Bertz CT molecular complexity index is 319. The van der Waals surface area contributed by atoms with Crippen LogP contribution in [0.25, 0.3) is 0 Å². The number of methoxy groups -OCH3 is 1. The van der Waals surface area contributed by atoms with Crippen molar-refractivity contribution >= 4 is 0 Å². The third kappa shape index (κ3) is 1.66. The van der Waals surface area contributed by atoms with Gasteiger partial charge < -0.3 is 9.30 Å². The number of rotatable bonds is 4. The van der Waals surface area contributed by atoms with Gasteiger partial charge in [-0.25, -0.2) is 0 Å². The summed E-state index contributed by atoms with van der Waals surface area (Å²) in [5.41, 5.74) is 0.415. The lowest BCUT2D eigenvalue weighted by molar-refractivity contribution is 0.186. The lowest BCUT2D eigenvalue weighted by Gasteiger charge is -2.06. The summed E-state index contributed by atoms with van der Waals surface area (Å²) in [6.07, 6.45) is 3.02. The quantitative estimate of drug-likeness (QED) is 0.729. The molecule has 14 heavy (non-hydrogen) atoms. The third-order valence-electron chi connectivity index (χ3n) is 3.01. The predicted octanol–water partition coefficient (Wildman–Crippen LogP) is 1.44. The van der Waals surface area contributed by atoms with E-state index in [1.54, 1.807) is 13.4 Å². The van der Waals surface area contributed by atoms with Crippen molar-refractivity contribution in [2.24, 2.45) is 5.41 Å². The summed E-state index contributed by atoms with van der Waals surface area (Å²) in [7, 11) is 1.71. The van der Waals surface area contributed by atoms with E-state index in [-0.39, 0.29) is 0 Å². The normalized spacial score (nSPS) is 23.8. The van der Waals surface area contributed by atoms with Crippen LogP contribution in [-0.2, 0) is 11.3 Å². The van der Waals surface area contributed by atoms with Gasteiger partial charge in [0.1, 0.15) is 12.2 Å². The predicted molar refractivity (Wildman–Crippen MR) is 53.0 cm³/mol. The molecule has 1 unspecified atom stereocenters. The average Bonchev–Trinajstić information content (AvgIpc) is 2.62. The Morgan fingerprint density at radius 1 is 1.64 bits per heavy atom. The molecule has 1 aromatic heterocycles. The van der Waals surface area contributed by atoms with E-state index in [2.05, 4.69) is 28.6 Å². The molecule has 0 aromatic carbocycles. The van der Waals surface area contributed by atoms with Gasteiger partial charge in [0.25, 0.3) is 0 Å². The first-order valence-electron chi connectivity index (χ1n) is 5.02. The van der Waals surface area contributed by atoms with E-state index in [1.807, 2.05) is 0 Å². The molecule has 4 nitrogen and oxygen atoms in total. The van der Waals surface area contributed by atoms with Gasteiger partial charge in [0.2, 0.25) is 0 Å². The van der Waals surface area contributed by atoms with Gasteiger partial charge in [-0.3, -0.25) is 0 Å². The summed E-state index contributed by atoms with van der Waals surface area (Å²) in [4.78, 5) is 0. The molecule has 0 N–H and O–H groups in total. The molecule has 2 rings (SSSR count). The summed E-state index contributed by atoms with van der Waals surface area (Å²) in [6.45, 7) is 6.11. The molecule has 0 bridgehead atoms. The summed E-state index contributed by atoms with van der Waals surface area (Å²) in [6, 6.07) is 0. The fraction of sp³-hybridized carbons (Fsp3) is 0.800. The van der Waals surface area contributed by atoms with Crippen LogP contribution >= 0.6 is 0 Å². The Balaban J connectivity index is 2.07. The van der Waals surface area contributed by atoms with Crippen LogP contribution in [0.3, 0.4) is 0 Å². The van der Waals surface area contributed by atoms with Gasteiger partial charge in [-0.05, 0) is 11.8 Å². The zero-order valence-corrected chi connectivity index (χ0v) is 9.03. The second kappa shape index (κ2) is 3.35. The molecule has 1 atom stereocenters. The van der Waals surface area contributed by atoms with Gasteiger partial charge in [-0.15, -0.1) is 10.2 Å². The molecule has 1 aromatic rings. The second-order valence-electron chi connectivity index (χ2n) is 4.62. The van der Waals surface area contributed by atoms with Crippen LogP contribution in [-0.4, -0.2) is 28.5 Å². The van der Waals surface area contributed by atoms with Crippen LogP contribution < -0.4 is 0 Å². The lowest BCUT2D eigenvalue weighted by Crippen LogP contribution is -2.08. The van der Waals surface area contributed by atoms with Gasteiger partial charge in [-0.1, -0.05) is 13.8 Å². The summed E-state index contributed by atoms with van der Waals surface area (Å²) < 4.78 is 7.15. The van der Waals surface area contributed by atoms with E-state index in [1.165, 1.54) is 6.42 Å². The van der Waals surface area contributed by atoms with Crippen LogP contribution in [0.4, 0.5) is 0 Å². The highest BCUT2D eigenvalue weighted by Crippen LogP contribution is 2.57. The monoisotopic (exact) mass is 195 g/mol. The minimum atomic E-state index is 0.415. The number of aromatic nitrogens is 3. The van der Waals surface area contributed by atoms with Gasteiger partial charge in [-0.2, -0.15) is 0 Å². The molecular weight excluding hydrogens is 178 g/mol. The summed E-state index contributed by atoms with van der Waals surface area (Å²) in [5, 5.41) is 8.14.